The van der Waals surface area contributed by atoms with Crippen LogP contribution in [0.4, 0.5) is 9.59 Å². The van der Waals surface area contributed by atoms with Gasteiger partial charge in [0.15, 0.2) is 6.04 Å². The number of carbonyl (C=O) groups excluding carboxylic acids is 4. The fourth-order valence-electron chi connectivity index (χ4n) is 3.15. The Morgan fingerprint density at radius 2 is 1.57 bits per heavy atom. The molecule has 1 saturated heterocycles. The van der Waals surface area contributed by atoms with Gasteiger partial charge in [-0.25, -0.2) is 19.3 Å². The fourth-order valence-corrected chi connectivity index (χ4v) is 3.15. The summed E-state index contributed by atoms with van der Waals surface area (Å²) in [6.45, 7) is -0.334. The van der Waals surface area contributed by atoms with E-state index in [1.54, 1.807) is 24.3 Å². The second-order valence-corrected chi connectivity index (χ2v) is 6.72. The Labute approximate surface area is 174 Å². The Balaban J connectivity index is 1.68. The maximum Gasteiger partial charge on any atom is 0.419 e. The summed E-state index contributed by atoms with van der Waals surface area (Å²) in [5, 5.41) is 0. The van der Waals surface area contributed by atoms with Gasteiger partial charge in [0, 0.05) is 6.42 Å². The van der Waals surface area contributed by atoms with Gasteiger partial charge in [0.2, 0.25) is 5.91 Å². The summed E-state index contributed by atoms with van der Waals surface area (Å²) in [7, 11) is 1.15. The van der Waals surface area contributed by atoms with Crippen LogP contribution in [0.5, 0.6) is 0 Å². The van der Waals surface area contributed by atoms with E-state index in [-0.39, 0.29) is 19.6 Å². The predicted molar refractivity (Wildman–Crippen MR) is 106 cm³/mol. The maximum absolute atomic E-state index is 12.8. The summed E-state index contributed by atoms with van der Waals surface area (Å²) in [6.07, 6.45) is -0.501. The molecule has 0 radical (unpaired) electrons. The molecule has 1 fully saturated rings. The average Bonchev–Trinajstić information content (AvgIpc) is 3.14. The van der Waals surface area contributed by atoms with E-state index in [0.29, 0.717) is 11.3 Å². The van der Waals surface area contributed by atoms with Gasteiger partial charge in [-0.15, -0.1) is 0 Å². The normalized spacial score (nSPS) is 15.8. The van der Waals surface area contributed by atoms with Crippen LogP contribution in [0.1, 0.15) is 17.5 Å². The van der Waals surface area contributed by atoms with Crippen molar-refractivity contribution in [3.63, 3.8) is 0 Å². The fraction of sp³-hybridized carbons (Fsp3) is 0.273. The average molecular weight is 410 g/mol. The number of hydrogen-bond acceptors (Lipinski definition) is 6. The van der Waals surface area contributed by atoms with Crippen molar-refractivity contribution in [1.29, 1.82) is 0 Å². The van der Waals surface area contributed by atoms with Crippen LogP contribution in [0.25, 0.3) is 0 Å². The lowest BCUT2D eigenvalue weighted by molar-refractivity contribution is -0.144. The molecular formula is C22H22N2O6. The van der Waals surface area contributed by atoms with Gasteiger partial charge in [-0.1, -0.05) is 60.7 Å². The maximum atomic E-state index is 12.8. The van der Waals surface area contributed by atoms with E-state index in [1.807, 2.05) is 36.4 Å². The second kappa shape index (κ2) is 9.69. The molecule has 156 valence electrons. The standard InChI is InChI=1S/C22H22N2O6/c1-29-20(26)18-14-23(19(25)13-12-16-8-4-2-5-9-16)21(27)24(18)22(28)30-15-17-10-6-3-7-11-17/h2-11,18H,12-15H2,1H3. The van der Waals surface area contributed by atoms with Crippen molar-refractivity contribution < 1.29 is 28.7 Å². The molecule has 0 aromatic heterocycles. The van der Waals surface area contributed by atoms with Crippen molar-refractivity contribution in [2.75, 3.05) is 13.7 Å². The van der Waals surface area contributed by atoms with E-state index < -0.39 is 30.0 Å². The van der Waals surface area contributed by atoms with Gasteiger partial charge in [0.05, 0.1) is 13.7 Å². The van der Waals surface area contributed by atoms with E-state index in [2.05, 4.69) is 0 Å². The highest BCUT2D eigenvalue weighted by atomic mass is 16.6. The smallest absolute Gasteiger partial charge is 0.419 e. The third-order valence-corrected chi connectivity index (χ3v) is 4.75. The molecule has 0 bridgehead atoms. The quantitative estimate of drug-likeness (QED) is 0.680. The largest absolute Gasteiger partial charge is 0.467 e. The van der Waals surface area contributed by atoms with Crippen LogP contribution in [0, 0.1) is 0 Å². The molecule has 0 saturated carbocycles. The number of urea groups is 1. The van der Waals surface area contributed by atoms with Gasteiger partial charge < -0.3 is 9.47 Å². The van der Waals surface area contributed by atoms with E-state index >= 15 is 0 Å². The number of carbonyl (C=O) groups is 4. The summed E-state index contributed by atoms with van der Waals surface area (Å²) in [6, 6.07) is 16.1. The lowest BCUT2D eigenvalue weighted by Gasteiger charge is -2.19. The van der Waals surface area contributed by atoms with E-state index in [1.165, 1.54) is 0 Å². The SMILES string of the molecule is COC(=O)C1CN(C(=O)CCc2ccccc2)C(=O)N1C(=O)OCc1ccccc1. The van der Waals surface area contributed by atoms with Crippen molar-refractivity contribution in [2.45, 2.75) is 25.5 Å². The molecule has 1 heterocycles. The topological polar surface area (TPSA) is 93.2 Å². The number of ether oxygens (including phenoxy) is 2. The number of rotatable bonds is 6. The van der Waals surface area contributed by atoms with Crippen molar-refractivity contribution in [1.82, 2.24) is 9.80 Å². The van der Waals surface area contributed by atoms with Crippen LogP contribution < -0.4 is 0 Å². The van der Waals surface area contributed by atoms with Crippen LogP contribution in [-0.4, -0.2) is 53.5 Å². The van der Waals surface area contributed by atoms with Crippen LogP contribution in [-0.2, 0) is 32.1 Å². The molecule has 8 nitrogen and oxygen atoms in total. The molecule has 0 aliphatic carbocycles. The molecule has 1 aliphatic rings. The molecule has 8 heteroatoms. The summed E-state index contributed by atoms with van der Waals surface area (Å²) >= 11 is 0. The highest BCUT2D eigenvalue weighted by molar-refractivity contribution is 6.06. The molecule has 2 aromatic carbocycles. The molecule has 1 aliphatic heterocycles. The Bertz CT molecular complexity index is 916. The minimum atomic E-state index is -1.24. The molecule has 0 spiro atoms. The molecular weight excluding hydrogens is 388 g/mol. The first-order valence-corrected chi connectivity index (χ1v) is 9.47. The Morgan fingerprint density at radius 1 is 0.967 bits per heavy atom. The molecule has 2 aromatic rings. The van der Waals surface area contributed by atoms with Crippen LogP contribution in [0.2, 0.25) is 0 Å². The van der Waals surface area contributed by atoms with Gasteiger partial charge in [0.25, 0.3) is 0 Å². The number of aryl methyl sites for hydroxylation is 1. The van der Waals surface area contributed by atoms with Crippen LogP contribution in [0.15, 0.2) is 60.7 Å². The zero-order chi connectivity index (χ0) is 21.5. The predicted octanol–water partition coefficient (Wildman–Crippen LogP) is 2.76. The summed E-state index contributed by atoms with van der Waals surface area (Å²) in [5.41, 5.74) is 1.67. The number of imide groups is 2. The molecule has 30 heavy (non-hydrogen) atoms. The molecule has 1 unspecified atom stereocenters. The van der Waals surface area contributed by atoms with Crippen LogP contribution in [0.3, 0.4) is 0 Å². The Hall–Kier alpha value is -3.68. The minimum Gasteiger partial charge on any atom is -0.467 e. The zero-order valence-electron chi connectivity index (χ0n) is 16.5. The van der Waals surface area contributed by atoms with Crippen molar-refractivity contribution in [3.05, 3.63) is 71.8 Å². The zero-order valence-corrected chi connectivity index (χ0v) is 16.5. The van der Waals surface area contributed by atoms with Crippen LogP contribution >= 0.6 is 0 Å². The van der Waals surface area contributed by atoms with Crippen molar-refractivity contribution >= 4 is 24.0 Å². The van der Waals surface area contributed by atoms with E-state index in [9.17, 15) is 19.2 Å². The highest BCUT2D eigenvalue weighted by Gasteiger charge is 2.48. The van der Waals surface area contributed by atoms with Crippen molar-refractivity contribution in [3.8, 4) is 0 Å². The number of esters is 1. The first-order chi connectivity index (χ1) is 14.5. The molecule has 3 rings (SSSR count). The minimum absolute atomic E-state index is 0.0660. The number of benzene rings is 2. The van der Waals surface area contributed by atoms with Gasteiger partial charge in [-0.2, -0.15) is 0 Å². The number of methoxy groups -OCH3 is 1. The highest BCUT2D eigenvalue weighted by Crippen LogP contribution is 2.21. The third kappa shape index (κ3) is 4.83. The molecule has 4 amide bonds. The lowest BCUT2D eigenvalue weighted by atomic mass is 10.1. The first-order valence-electron chi connectivity index (χ1n) is 9.47. The van der Waals surface area contributed by atoms with Crippen molar-refractivity contribution in [2.24, 2.45) is 0 Å². The molecule has 0 N–H and O–H groups in total. The van der Waals surface area contributed by atoms with E-state index in [4.69, 9.17) is 9.47 Å². The van der Waals surface area contributed by atoms with Gasteiger partial charge >= 0.3 is 18.1 Å². The number of hydrogen-bond donors (Lipinski definition) is 0. The third-order valence-electron chi connectivity index (χ3n) is 4.75. The summed E-state index contributed by atoms with van der Waals surface area (Å²) in [5.74, 6) is -1.27. The Morgan fingerprint density at radius 3 is 2.17 bits per heavy atom. The molecule has 1 atom stereocenters. The summed E-state index contributed by atoms with van der Waals surface area (Å²) < 4.78 is 9.89. The van der Waals surface area contributed by atoms with Gasteiger partial charge in [-0.05, 0) is 17.5 Å². The van der Waals surface area contributed by atoms with Gasteiger partial charge in [0.1, 0.15) is 6.61 Å². The lowest BCUT2D eigenvalue weighted by Crippen LogP contribution is -2.44. The first kappa shape index (κ1) is 21.0. The Kier molecular flexibility index (Phi) is 6.79. The van der Waals surface area contributed by atoms with Gasteiger partial charge in [-0.3, -0.25) is 9.69 Å². The monoisotopic (exact) mass is 410 g/mol. The second-order valence-electron chi connectivity index (χ2n) is 6.72. The number of nitrogens with zero attached hydrogens (tertiary/aromatic N) is 2. The summed E-state index contributed by atoms with van der Waals surface area (Å²) in [4.78, 5) is 51.6. The van der Waals surface area contributed by atoms with E-state index in [0.717, 1.165) is 23.1 Å². The number of amides is 4.